The van der Waals surface area contributed by atoms with Crippen LogP contribution in [0, 0.1) is 13.8 Å². The van der Waals surface area contributed by atoms with Crippen molar-refractivity contribution < 1.29 is 19.1 Å². The normalized spacial score (nSPS) is 19.7. The lowest BCUT2D eigenvalue weighted by Crippen LogP contribution is -2.46. The topological polar surface area (TPSA) is 71.8 Å². The number of hydrogen-bond acceptors (Lipinski definition) is 5. The maximum Gasteiger partial charge on any atom is 0.294 e. The first-order valence-electron chi connectivity index (χ1n) is 8.70. The van der Waals surface area contributed by atoms with Gasteiger partial charge in [-0.25, -0.2) is 0 Å². The van der Waals surface area contributed by atoms with E-state index in [1.54, 1.807) is 11.0 Å². The van der Waals surface area contributed by atoms with Crippen LogP contribution in [0.25, 0.3) is 6.08 Å². The molecule has 0 aliphatic carbocycles. The molecule has 2 saturated heterocycles. The maximum absolute atomic E-state index is 12.6. The highest BCUT2D eigenvalue weighted by atomic mass is 32.2. The lowest BCUT2D eigenvalue weighted by molar-refractivity contribution is -0.139. The number of rotatable bonds is 4. The van der Waals surface area contributed by atoms with Crippen molar-refractivity contribution in [2.75, 3.05) is 32.8 Å². The van der Waals surface area contributed by atoms with E-state index >= 15 is 0 Å². The predicted molar refractivity (Wildman–Crippen MR) is 99.7 cm³/mol. The zero-order chi connectivity index (χ0) is 18.8. The van der Waals surface area contributed by atoms with Gasteiger partial charge in [0.1, 0.15) is 6.54 Å². The van der Waals surface area contributed by atoms with Crippen LogP contribution < -0.4 is 0 Å². The van der Waals surface area contributed by atoms with Crippen LogP contribution in [0.2, 0.25) is 0 Å². The van der Waals surface area contributed by atoms with E-state index in [0.717, 1.165) is 40.2 Å². The fourth-order valence-corrected chi connectivity index (χ4v) is 4.12. The number of carbonyl (C=O) groups is 3. The summed E-state index contributed by atoms with van der Waals surface area (Å²) in [6.45, 7) is 8.67. The molecule has 0 N–H and O–H groups in total. The summed E-state index contributed by atoms with van der Waals surface area (Å²) in [5.41, 5.74) is 3.09. The molecule has 0 bridgehead atoms. The lowest BCUT2D eigenvalue weighted by atomic mass is 10.2. The molecule has 2 aliphatic rings. The van der Waals surface area contributed by atoms with Crippen molar-refractivity contribution in [1.29, 1.82) is 0 Å². The molecular formula is C18H23N3O4S. The molecule has 1 aromatic rings. The Hall–Kier alpha value is -2.06. The summed E-state index contributed by atoms with van der Waals surface area (Å²) in [6, 6.07) is 2.01. The Kier molecular flexibility index (Phi) is 5.52. The molecule has 140 valence electrons. The Balaban J connectivity index is 1.75. The summed E-state index contributed by atoms with van der Waals surface area (Å²) in [5.74, 6) is -0.621. The van der Waals surface area contributed by atoms with Crippen molar-refractivity contribution in [2.24, 2.45) is 0 Å². The first-order valence-corrected chi connectivity index (χ1v) is 9.51. The number of nitrogens with zero attached hydrogens (tertiary/aromatic N) is 3. The molecule has 3 rings (SSSR count). The highest BCUT2D eigenvalue weighted by molar-refractivity contribution is 8.18. The zero-order valence-corrected chi connectivity index (χ0v) is 16.1. The minimum atomic E-state index is -0.400. The van der Waals surface area contributed by atoms with Gasteiger partial charge in [-0.3, -0.25) is 19.3 Å². The Labute approximate surface area is 156 Å². The molecule has 2 fully saturated rings. The second kappa shape index (κ2) is 7.67. The van der Waals surface area contributed by atoms with Gasteiger partial charge in [0, 0.05) is 31.0 Å². The number of thioether (sulfide) groups is 1. The number of morpholine rings is 1. The third-order valence-corrected chi connectivity index (χ3v) is 5.65. The predicted octanol–water partition coefficient (Wildman–Crippen LogP) is 2.02. The first-order chi connectivity index (χ1) is 12.4. The van der Waals surface area contributed by atoms with Gasteiger partial charge in [-0.05, 0) is 50.2 Å². The quantitative estimate of drug-likeness (QED) is 0.751. The van der Waals surface area contributed by atoms with Crippen LogP contribution in [-0.2, 0) is 20.9 Å². The van der Waals surface area contributed by atoms with Gasteiger partial charge in [0.15, 0.2) is 0 Å². The van der Waals surface area contributed by atoms with Gasteiger partial charge < -0.3 is 14.2 Å². The first kappa shape index (κ1) is 18.7. The highest BCUT2D eigenvalue weighted by Gasteiger charge is 2.37. The van der Waals surface area contributed by atoms with Crippen molar-refractivity contribution in [3.8, 4) is 0 Å². The summed E-state index contributed by atoms with van der Waals surface area (Å²) in [7, 11) is 0. The molecule has 0 radical (unpaired) electrons. The van der Waals surface area contributed by atoms with Gasteiger partial charge >= 0.3 is 0 Å². The van der Waals surface area contributed by atoms with Gasteiger partial charge in [0.2, 0.25) is 5.91 Å². The summed E-state index contributed by atoms with van der Waals surface area (Å²) >= 11 is 0.891. The number of aryl methyl sites for hydroxylation is 1. The van der Waals surface area contributed by atoms with E-state index in [9.17, 15) is 14.4 Å². The van der Waals surface area contributed by atoms with Gasteiger partial charge in [-0.2, -0.15) is 0 Å². The average Bonchev–Trinajstić information content (AvgIpc) is 3.05. The summed E-state index contributed by atoms with van der Waals surface area (Å²) in [4.78, 5) is 40.2. The Morgan fingerprint density at radius 2 is 1.96 bits per heavy atom. The van der Waals surface area contributed by atoms with Crippen molar-refractivity contribution in [3.63, 3.8) is 0 Å². The standard InChI is InChI=1S/C18H23N3O4S/c1-4-20-12(2)9-14(13(20)3)10-15-17(23)21(18(24)26-15)11-16(22)19-5-7-25-8-6-19/h9-10H,4-8,11H2,1-3H3/b15-10+. The fraction of sp³-hybridized carbons (Fsp3) is 0.500. The minimum Gasteiger partial charge on any atom is -0.378 e. The Morgan fingerprint density at radius 1 is 1.27 bits per heavy atom. The summed E-state index contributed by atoms with van der Waals surface area (Å²) < 4.78 is 7.37. The number of imide groups is 1. The molecule has 0 spiro atoms. The largest absolute Gasteiger partial charge is 0.378 e. The van der Waals surface area contributed by atoms with Crippen LogP contribution in [0.1, 0.15) is 23.9 Å². The van der Waals surface area contributed by atoms with E-state index in [4.69, 9.17) is 4.74 Å². The highest BCUT2D eigenvalue weighted by Crippen LogP contribution is 2.33. The van der Waals surface area contributed by atoms with Crippen LogP contribution in [-0.4, -0.2) is 64.3 Å². The van der Waals surface area contributed by atoms with Crippen molar-refractivity contribution in [1.82, 2.24) is 14.4 Å². The monoisotopic (exact) mass is 377 g/mol. The van der Waals surface area contributed by atoms with E-state index < -0.39 is 11.1 Å². The molecule has 0 aromatic carbocycles. The average molecular weight is 377 g/mol. The molecule has 0 saturated carbocycles. The van der Waals surface area contributed by atoms with E-state index in [-0.39, 0.29) is 12.5 Å². The minimum absolute atomic E-state index is 0.212. The van der Waals surface area contributed by atoms with Crippen molar-refractivity contribution >= 4 is 34.9 Å². The molecule has 0 unspecified atom stereocenters. The molecule has 0 atom stereocenters. The SMILES string of the molecule is CCn1c(C)cc(/C=C2/SC(=O)N(CC(=O)N3CCOCC3)C2=O)c1C. The number of hydrogen-bond donors (Lipinski definition) is 0. The van der Waals surface area contributed by atoms with Gasteiger partial charge in [0.25, 0.3) is 11.1 Å². The number of carbonyl (C=O) groups excluding carboxylic acids is 3. The van der Waals surface area contributed by atoms with Crippen LogP contribution >= 0.6 is 11.8 Å². The van der Waals surface area contributed by atoms with Crippen LogP contribution in [0.15, 0.2) is 11.0 Å². The lowest BCUT2D eigenvalue weighted by Gasteiger charge is -2.28. The van der Waals surface area contributed by atoms with Gasteiger partial charge in [-0.15, -0.1) is 0 Å². The van der Waals surface area contributed by atoms with Gasteiger partial charge in [-0.1, -0.05) is 0 Å². The Bertz CT molecular complexity index is 778. The molecular weight excluding hydrogens is 354 g/mol. The van der Waals surface area contributed by atoms with E-state index in [2.05, 4.69) is 11.5 Å². The number of aromatic nitrogens is 1. The van der Waals surface area contributed by atoms with Gasteiger partial charge in [0.05, 0.1) is 18.1 Å². The van der Waals surface area contributed by atoms with E-state index in [1.165, 1.54) is 0 Å². The van der Waals surface area contributed by atoms with Crippen LogP contribution in [0.4, 0.5) is 4.79 Å². The third-order valence-electron chi connectivity index (χ3n) is 4.75. The summed E-state index contributed by atoms with van der Waals surface area (Å²) in [5, 5.41) is -0.396. The second-order valence-corrected chi connectivity index (χ2v) is 7.32. The molecule has 7 nitrogen and oxygen atoms in total. The number of ether oxygens (including phenoxy) is 1. The van der Waals surface area contributed by atoms with E-state index in [0.29, 0.717) is 31.2 Å². The number of amides is 3. The summed E-state index contributed by atoms with van der Waals surface area (Å²) in [6.07, 6.45) is 1.75. The molecule has 2 aliphatic heterocycles. The zero-order valence-electron chi connectivity index (χ0n) is 15.3. The molecule has 1 aromatic heterocycles. The van der Waals surface area contributed by atoms with Crippen LogP contribution in [0.3, 0.4) is 0 Å². The third kappa shape index (κ3) is 3.57. The van der Waals surface area contributed by atoms with E-state index in [1.807, 2.05) is 19.9 Å². The van der Waals surface area contributed by atoms with Crippen molar-refractivity contribution in [3.05, 3.63) is 27.9 Å². The second-order valence-electron chi connectivity index (χ2n) is 6.33. The molecule has 26 heavy (non-hydrogen) atoms. The Morgan fingerprint density at radius 3 is 2.58 bits per heavy atom. The smallest absolute Gasteiger partial charge is 0.294 e. The fourth-order valence-electron chi connectivity index (χ4n) is 3.29. The molecule has 8 heteroatoms. The maximum atomic E-state index is 12.6. The van der Waals surface area contributed by atoms with Crippen molar-refractivity contribution in [2.45, 2.75) is 27.3 Å². The molecule has 3 amide bonds. The molecule has 3 heterocycles. The van der Waals surface area contributed by atoms with Crippen LogP contribution in [0.5, 0.6) is 0 Å².